The predicted molar refractivity (Wildman–Crippen MR) is 58.8 cm³/mol. The van der Waals surface area contributed by atoms with Crippen LogP contribution < -0.4 is 5.73 Å². The Morgan fingerprint density at radius 2 is 1.93 bits per heavy atom. The summed E-state index contributed by atoms with van der Waals surface area (Å²) < 4.78 is 0. The second kappa shape index (κ2) is 4.33. The molecule has 0 aliphatic carbocycles. The molecule has 0 radical (unpaired) electrons. The molecule has 2 fully saturated rings. The van der Waals surface area contributed by atoms with Gasteiger partial charge in [0.05, 0.1) is 0 Å². The van der Waals surface area contributed by atoms with Crippen molar-refractivity contribution in [1.82, 2.24) is 4.90 Å². The zero-order chi connectivity index (χ0) is 9.97. The van der Waals surface area contributed by atoms with E-state index >= 15 is 0 Å². The normalized spacial score (nSPS) is 37.0. The fourth-order valence-corrected chi connectivity index (χ4v) is 3.05. The minimum absolute atomic E-state index is 0.455. The van der Waals surface area contributed by atoms with Crippen molar-refractivity contribution in [2.75, 3.05) is 6.54 Å². The molecule has 2 aliphatic rings. The molecule has 2 nitrogen and oxygen atoms in total. The van der Waals surface area contributed by atoms with Crippen molar-refractivity contribution in [3.8, 4) is 12.3 Å². The third kappa shape index (κ3) is 1.94. The molecule has 0 saturated carbocycles. The average molecular weight is 192 g/mol. The van der Waals surface area contributed by atoms with Crippen LogP contribution in [0.25, 0.3) is 0 Å². The first-order chi connectivity index (χ1) is 6.81. The zero-order valence-electron chi connectivity index (χ0n) is 8.78. The van der Waals surface area contributed by atoms with Crippen LogP contribution in [0.2, 0.25) is 0 Å². The predicted octanol–water partition coefficient (Wildman–Crippen LogP) is 1.35. The van der Waals surface area contributed by atoms with Crippen molar-refractivity contribution in [1.29, 1.82) is 0 Å². The summed E-state index contributed by atoms with van der Waals surface area (Å²) in [5.41, 5.74) is 6.01. The van der Waals surface area contributed by atoms with Crippen molar-refractivity contribution in [3.63, 3.8) is 0 Å². The Labute approximate surface area is 86.8 Å². The molecule has 2 aliphatic heterocycles. The van der Waals surface area contributed by atoms with Crippen molar-refractivity contribution >= 4 is 0 Å². The highest BCUT2D eigenvalue weighted by molar-refractivity contribution is 4.96. The molecule has 2 N–H and O–H groups in total. The topological polar surface area (TPSA) is 29.3 Å². The van der Waals surface area contributed by atoms with Crippen molar-refractivity contribution in [2.24, 2.45) is 5.73 Å². The molecule has 0 aromatic heterocycles. The Bertz CT molecular complexity index is 217. The number of hydrogen-bond donors (Lipinski definition) is 1. The fourth-order valence-electron chi connectivity index (χ4n) is 3.05. The van der Waals surface area contributed by atoms with Gasteiger partial charge in [0.1, 0.15) is 0 Å². The lowest BCUT2D eigenvalue weighted by Crippen LogP contribution is -2.47. The lowest BCUT2D eigenvalue weighted by molar-refractivity contribution is 0.127. The average Bonchev–Trinajstić information content (AvgIpc) is 2.42. The van der Waals surface area contributed by atoms with E-state index in [2.05, 4.69) is 10.8 Å². The largest absolute Gasteiger partial charge is 0.328 e. The van der Waals surface area contributed by atoms with E-state index < -0.39 is 0 Å². The summed E-state index contributed by atoms with van der Waals surface area (Å²) in [7, 11) is 0. The van der Waals surface area contributed by atoms with Gasteiger partial charge in [0.25, 0.3) is 0 Å². The van der Waals surface area contributed by atoms with E-state index in [0.717, 1.165) is 24.9 Å². The van der Waals surface area contributed by atoms with E-state index in [0.29, 0.717) is 6.04 Å². The summed E-state index contributed by atoms with van der Waals surface area (Å²) in [6.07, 6.45) is 12.4. The summed E-state index contributed by atoms with van der Waals surface area (Å²) in [5, 5.41) is 0. The maximum atomic E-state index is 6.01. The zero-order valence-corrected chi connectivity index (χ0v) is 8.78. The van der Waals surface area contributed by atoms with Crippen LogP contribution >= 0.6 is 0 Å². The maximum Gasteiger partial charge on any atom is 0.0113 e. The first-order valence-electron chi connectivity index (χ1n) is 5.76. The molecule has 2 unspecified atom stereocenters. The van der Waals surface area contributed by atoms with Gasteiger partial charge in [-0.25, -0.2) is 0 Å². The molecule has 14 heavy (non-hydrogen) atoms. The summed E-state index contributed by atoms with van der Waals surface area (Å²) >= 11 is 0. The van der Waals surface area contributed by atoms with Crippen LogP contribution in [0.5, 0.6) is 0 Å². The smallest absolute Gasteiger partial charge is 0.0113 e. The summed E-state index contributed by atoms with van der Waals surface area (Å²) in [5.74, 6) is 2.71. The SMILES string of the molecule is C#CCCCN1C2CCC1CC(N)C2. The second-order valence-corrected chi connectivity index (χ2v) is 4.66. The Balaban J connectivity index is 1.85. The number of rotatable bonds is 3. The van der Waals surface area contributed by atoms with Gasteiger partial charge in [0.15, 0.2) is 0 Å². The van der Waals surface area contributed by atoms with Gasteiger partial charge >= 0.3 is 0 Å². The van der Waals surface area contributed by atoms with Crippen LogP contribution in [0, 0.1) is 12.3 Å². The van der Waals surface area contributed by atoms with Gasteiger partial charge in [-0.2, -0.15) is 0 Å². The Kier molecular flexibility index (Phi) is 3.10. The van der Waals surface area contributed by atoms with Gasteiger partial charge in [-0.3, -0.25) is 4.90 Å². The lowest BCUT2D eigenvalue weighted by atomic mass is 9.98. The molecule has 0 amide bonds. The molecular weight excluding hydrogens is 172 g/mol. The van der Waals surface area contributed by atoms with E-state index in [-0.39, 0.29) is 0 Å². The van der Waals surface area contributed by atoms with Gasteiger partial charge < -0.3 is 5.73 Å². The fraction of sp³-hybridized carbons (Fsp3) is 0.833. The molecule has 0 spiro atoms. The van der Waals surface area contributed by atoms with Crippen molar-refractivity contribution in [2.45, 2.75) is 56.7 Å². The molecule has 2 atom stereocenters. The second-order valence-electron chi connectivity index (χ2n) is 4.66. The highest BCUT2D eigenvalue weighted by Crippen LogP contribution is 2.34. The number of nitrogens with zero attached hydrogens (tertiary/aromatic N) is 1. The van der Waals surface area contributed by atoms with Crippen LogP contribution in [-0.2, 0) is 0 Å². The van der Waals surface area contributed by atoms with Gasteiger partial charge in [-0.05, 0) is 38.6 Å². The Morgan fingerprint density at radius 3 is 2.50 bits per heavy atom. The quantitative estimate of drug-likeness (QED) is 0.540. The molecule has 2 heterocycles. The van der Waals surface area contributed by atoms with E-state index in [1.54, 1.807) is 0 Å². The van der Waals surface area contributed by atoms with Gasteiger partial charge in [-0.1, -0.05) is 0 Å². The van der Waals surface area contributed by atoms with E-state index in [1.807, 2.05) is 0 Å². The first-order valence-corrected chi connectivity index (χ1v) is 5.76. The maximum absolute atomic E-state index is 6.01. The molecule has 2 heteroatoms. The number of hydrogen-bond acceptors (Lipinski definition) is 2. The number of unbranched alkanes of at least 4 members (excludes halogenated alkanes) is 1. The summed E-state index contributed by atoms with van der Waals surface area (Å²) in [6.45, 7) is 1.19. The van der Waals surface area contributed by atoms with Crippen molar-refractivity contribution in [3.05, 3.63) is 0 Å². The summed E-state index contributed by atoms with van der Waals surface area (Å²) in [4.78, 5) is 2.65. The van der Waals surface area contributed by atoms with Crippen molar-refractivity contribution < 1.29 is 0 Å². The van der Waals surface area contributed by atoms with Crippen LogP contribution in [0.15, 0.2) is 0 Å². The van der Waals surface area contributed by atoms with E-state index in [4.69, 9.17) is 12.2 Å². The highest BCUT2D eigenvalue weighted by Gasteiger charge is 2.38. The van der Waals surface area contributed by atoms with E-state index in [1.165, 1.54) is 32.2 Å². The van der Waals surface area contributed by atoms with Gasteiger partial charge in [0.2, 0.25) is 0 Å². The van der Waals surface area contributed by atoms with Crippen LogP contribution in [0.3, 0.4) is 0 Å². The minimum atomic E-state index is 0.455. The number of nitrogens with two attached hydrogens (primary N) is 1. The number of terminal acetylenes is 1. The number of piperidine rings is 1. The standard InChI is InChI=1S/C12H20N2/c1-2-3-4-7-14-11-5-6-12(14)9-10(13)8-11/h1,10-12H,3-9,13H2. The molecule has 0 aromatic rings. The lowest BCUT2D eigenvalue weighted by Gasteiger charge is -2.37. The number of fused-ring (bicyclic) bond motifs is 2. The third-order valence-electron chi connectivity index (χ3n) is 3.66. The third-order valence-corrected chi connectivity index (χ3v) is 3.66. The van der Waals surface area contributed by atoms with Crippen LogP contribution in [0.1, 0.15) is 38.5 Å². The van der Waals surface area contributed by atoms with E-state index in [9.17, 15) is 0 Å². The van der Waals surface area contributed by atoms with Crippen LogP contribution in [-0.4, -0.2) is 29.6 Å². The molecule has 2 rings (SSSR count). The van der Waals surface area contributed by atoms with Crippen LogP contribution in [0.4, 0.5) is 0 Å². The monoisotopic (exact) mass is 192 g/mol. The Hall–Kier alpha value is -0.520. The molecule has 78 valence electrons. The van der Waals surface area contributed by atoms with Gasteiger partial charge in [-0.15, -0.1) is 12.3 Å². The van der Waals surface area contributed by atoms with Gasteiger partial charge in [0, 0.05) is 24.5 Å². The highest BCUT2D eigenvalue weighted by atomic mass is 15.2. The summed E-state index contributed by atoms with van der Waals surface area (Å²) in [6, 6.07) is 1.99. The molecule has 2 saturated heterocycles. The molecule has 2 bridgehead atoms. The molecular formula is C12H20N2. The molecule has 0 aromatic carbocycles. The first kappa shape index (κ1) is 10.0. The minimum Gasteiger partial charge on any atom is -0.328 e. The Morgan fingerprint density at radius 1 is 1.29 bits per heavy atom.